The Labute approximate surface area is 145 Å². The largest absolute Gasteiger partial charge is 0.347 e. The summed E-state index contributed by atoms with van der Waals surface area (Å²) in [6.45, 7) is 5.76. The summed E-state index contributed by atoms with van der Waals surface area (Å²) in [4.78, 5) is 26.1. The second-order valence-corrected chi connectivity index (χ2v) is 6.75. The topological polar surface area (TPSA) is 49.4 Å². The quantitative estimate of drug-likeness (QED) is 0.835. The van der Waals surface area contributed by atoms with E-state index in [2.05, 4.69) is 29.6 Å². The molecular weight excluding hydrogens is 300 g/mol. The molecule has 2 rings (SSSR count). The van der Waals surface area contributed by atoms with Gasteiger partial charge in [0.05, 0.1) is 6.54 Å². The van der Waals surface area contributed by atoms with E-state index in [0.717, 1.165) is 45.2 Å². The Kier molecular flexibility index (Phi) is 7.29. The molecule has 0 spiro atoms. The van der Waals surface area contributed by atoms with Crippen LogP contribution >= 0.6 is 0 Å². The molecule has 1 aliphatic heterocycles. The number of hydrogen-bond donors (Lipinski definition) is 1. The van der Waals surface area contributed by atoms with Gasteiger partial charge < -0.3 is 10.2 Å². The highest BCUT2D eigenvalue weighted by Gasteiger charge is 2.23. The van der Waals surface area contributed by atoms with Crippen molar-refractivity contribution in [2.24, 2.45) is 11.8 Å². The van der Waals surface area contributed by atoms with Crippen LogP contribution in [0, 0.1) is 11.8 Å². The van der Waals surface area contributed by atoms with Crippen LogP contribution in [0.25, 0.3) is 0 Å². The molecule has 0 aliphatic carbocycles. The fourth-order valence-corrected chi connectivity index (χ4v) is 3.41. The van der Waals surface area contributed by atoms with Gasteiger partial charge >= 0.3 is 0 Å². The molecule has 0 atom stereocenters. The third-order valence-electron chi connectivity index (χ3n) is 5.10. The maximum Gasteiger partial charge on any atom is 0.241 e. The number of carbonyl (C=O) groups is 2. The minimum Gasteiger partial charge on any atom is -0.347 e. The van der Waals surface area contributed by atoms with Gasteiger partial charge in [0.15, 0.2) is 0 Å². The van der Waals surface area contributed by atoms with Crippen molar-refractivity contribution in [2.75, 3.05) is 19.6 Å². The van der Waals surface area contributed by atoms with Crippen molar-refractivity contribution in [3.8, 4) is 0 Å². The third-order valence-corrected chi connectivity index (χ3v) is 5.10. The Morgan fingerprint density at radius 1 is 1.12 bits per heavy atom. The van der Waals surface area contributed by atoms with Crippen molar-refractivity contribution < 1.29 is 9.59 Å². The van der Waals surface area contributed by atoms with Crippen molar-refractivity contribution in [3.63, 3.8) is 0 Å². The normalized spacial score (nSPS) is 15.5. The number of rotatable bonds is 7. The zero-order valence-corrected chi connectivity index (χ0v) is 15.0. The van der Waals surface area contributed by atoms with E-state index in [1.54, 1.807) is 0 Å². The molecule has 1 N–H and O–H groups in total. The highest BCUT2D eigenvalue weighted by Crippen LogP contribution is 2.21. The molecule has 4 nitrogen and oxygen atoms in total. The number of benzene rings is 1. The van der Waals surface area contributed by atoms with Gasteiger partial charge in [-0.2, -0.15) is 0 Å². The molecule has 0 bridgehead atoms. The fourth-order valence-electron chi connectivity index (χ4n) is 3.41. The van der Waals surface area contributed by atoms with E-state index in [1.165, 1.54) is 5.56 Å². The Balaban J connectivity index is 1.71. The molecule has 1 saturated heterocycles. The number of amides is 2. The summed E-state index contributed by atoms with van der Waals surface area (Å²) < 4.78 is 0. The van der Waals surface area contributed by atoms with Crippen LogP contribution in [0.3, 0.4) is 0 Å². The van der Waals surface area contributed by atoms with E-state index in [4.69, 9.17) is 0 Å². The summed E-state index contributed by atoms with van der Waals surface area (Å²) in [5.74, 6) is 0.727. The first kappa shape index (κ1) is 18.5. The molecule has 1 aromatic carbocycles. The van der Waals surface area contributed by atoms with Crippen LogP contribution in [-0.4, -0.2) is 36.3 Å². The summed E-state index contributed by atoms with van der Waals surface area (Å²) in [5.41, 5.74) is 1.37. The maximum absolute atomic E-state index is 12.3. The summed E-state index contributed by atoms with van der Waals surface area (Å²) in [7, 11) is 0. The number of carbonyl (C=O) groups excluding carboxylic acids is 2. The second kappa shape index (κ2) is 9.45. The average Bonchev–Trinajstić information content (AvgIpc) is 2.62. The molecule has 2 amide bonds. The number of nitrogens with zero attached hydrogens (tertiary/aromatic N) is 1. The number of piperidine rings is 1. The Hall–Kier alpha value is -1.84. The van der Waals surface area contributed by atoms with Gasteiger partial charge in [0, 0.05) is 19.0 Å². The van der Waals surface area contributed by atoms with Gasteiger partial charge in [0.1, 0.15) is 0 Å². The predicted molar refractivity (Wildman–Crippen MR) is 96.5 cm³/mol. The zero-order valence-electron chi connectivity index (χ0n) is 15.0. The molecule has 0 aromatic heterocycles. The van der Waals surface area contributed by atoms with Gasteiger partial charge in [-0.25, -0.2) is 0 Å². The summed E-state index contributed by atoms with van der Waals surface area (Å²) in [6.07, 6.45) is 4.82. The smallest absolute Gasteiger partial charge is 0.241 e. The molecule has 0 radical (unpaired) electrons. The predicted octanol–water partition coefficient (Wildman–Crippen LogP) is 3.02. The lowest BCUT2D eigenvalue weighted by Gasteiger charge is -2.32. The first-order valence-corrected chi connectivity index (χ1v) is 9.23. The summed E-state index contributed by atoms with van der Waals surface area (Å²) in [5, 5.41) is 2.80. The van der Waals surface area contributed by atoms with Gasteiger partial charge in [-0.05, 0) is 43.6 Å². The highest BCUT2D eigenvalue weighted by molar-refractivity contribution is 5.85. The van der Waals surface area contributed by atoms with Gasteiger partial charge in [-0.3, -0.25) is 9.59 Å². The lowest BCUT2D eigenvalue weighted by atomic mass is 9.90. The van der Waals surface area contributed by atoms with Crippen molar-refractivity contribution in [1.82, 2.24) is 10.2 Å². The molecule has 1 fully saturated rings. The fraction of sp³-hybridized carbons (Fsp3) is 0.600. The van der Waals surface area contributed by atoms with Gasteiger partial charge in [-0.15, -0.1) is 0 Å². The van der Waals surface area contributed by atoms with Crippen LogP contribution in [0.1, 0.15) is 45.1 Å². The van der Waals surface area contributed by atoms with Gasteiger partial charge in [0.25, 0.3) is 0 Å². The van der Waals surface area contributed by atoms with Crippen molar-refractivity contribution >= 4 is 11.8 Å². The zero-order chi connectivity index (χ0) is 17.4. The van der Waals surface area contributed by atoms with Crippen LogP contribution in [0.4, 0.5) is 0 Å². The van der Waals surface area contributed by atoms with Crippen molar-refractivity contribution in [3.05, 3.63) is 35.9 Å². The molecule has 1 aromatic rings. The van der Waals surface area contributed by atoms with E-state index in [9.17, 15) is 9.59 Å². The van der Waals surface area contributed by atoms with Crippen LogP contribution in [0.2, 0.25) is 0 Å². The highest BCUT2D eigenvalue weighted by atomic mass is 16.2. The van der Waals surface area contributed by atoms with Crippen LogP contribution in [0.15, 0.2) is 30.3 Å². The van der Waals surface area contributed by atoms with E-state index >= 15 is 0 Å². The average molecular weight is 330 g/mol. The van der Waals surface area contributed by atoms with Crippen LogP contribution in [0.5, 0.6) is 0 Å². The molecule has 0 unspecified atom stereocenters. The number of hydrogen-bond acceptors (Lipinski definition) is 2. The minimum absolute atomic E-state index is 0.00677. The molecule has 0 saturated carbocycles. The maximum atomic E-state index is 12.3. The monoisotopic (exact) mass is 330 g/mol. The Morgan fingerprint density at radius 3 is 2.33 bits per heavy atom. The molecule has 1 heterocycles. The first-order chi connectivity index (χ1) is 11.6. The van der Waals surface area contributed by atoms with Gasteiger partial charge in [-0.1, -0.05) is 44.2 Å². The lowest BCUT2D eigenvalue weighted by Crippen LogP contribution is -2.45. The minimum atomic E-state index is 0.00677. The molecular formula is C20H30N2O2. The second-order valence-electron chi connectivity index (χ2n) is 6.75. The Morgan fingerprint density at radius 2 is 1.75 bits per heavy atom. The SMILES string of the molecule is CCC(CC)C(=O)NCC(=O)N1CCC(Cc2ccccc2)CC1. The van der Waals surface area contributed by atoms with Crippen molar-refractivity contribution in [2.45, 2.75) is 46.0 Å². The number of nitrogens with one attached hydrogen (secondary N) is 1. The summed E-state index contributed by atoms with van der Waals surface area (Å²) >= 11 is 0. The van der Waals surface area contributed by atoms with E-state index in [-0.39, 0.29) is 24.3 Å². The molecule has 4 heteroatoms. The van der Waals surface area contributed by atoms with E-state index in [0.29, 0.717) is 5.92 Å². The Bertz CT molecular complexity index is 518. The standard InChI is InChI=1S/C20H30N2O2/c1-3-18(4-2)20(24)21-15-19(23)22-12-10-17(11-13-22)14-16-8-6-5-7-9-16/h5-9,17-18H,3-4,10-15H2,1-2H3,(H,21,24). The van der Waals surface area contributed by atoms with E-state index in [1.807, 2.05) is 24.8 Å². The summed E-state index contributed by atoms with van der Waals surface area (Å²) in [6, 6.07) is 10.5. The lowest BCUT2D eigenvalue weighted by molar-refractivity contribution is -0.135. The molecule has 1 aliphatic rings. The van der Waals surface area contributed by atoms with Gasteiger partial charge in [0.2, 0.25) is 11.8 Å². The van der Waals surface area contributed by atoms with Crippen molar-refractivity contribution in [1.29, 1.82) is 0 Å². The van der Waals surface area contributed by atoms with Crippen LogP contribution in [-0.2, 0) is 16.0 Å². The molecule has 24 heavy (non-hydrogen) atoms. The first-order valence-electron chi connectivity index (χ1n) is 9.23. The third kappa shape index (κ3) is 5.36. The molecule has 132 valence electrons. The van der Waals surface area contributed by atoms with Crippen LogP contribution < -0.4 is 5.32 Å². The number of likely N-dealkylation sites (tertiary alicyclic amines) is 1. The van der Waals surface area contributed by atoms with E-state index < -0.39 is 0 Å².